The summed E-state index contributed by atoms with van der Waals surface area (Å²) in [4.78, 5) is 24.3. The molecule has 0 saturated heterocycles. The maximum absolute atomic E-state index is 14.6. The van der Waals surface area contributed by atoms with E-state index in [0.717, 1.165) is 22.8 Å². The molecule has 5 nitrogen and oxygen atoms in total. The lowest BCUT2D eigenvalue weighted by Crippen LogP contribution is -2.15. The number of carbonyl (C=O) groups is 2. The summed E-state index contributed by atoms with van der Waals surface area (Å²) in [5, 5.41) is 18.6. The zero-order valence-corrected chi connectivity index (χ0v) is 14.3. The van der Waals surface area contributed by atoms with Gasteiger partial charge in [0.1, 0.15) is 5.82 Å². The molecular weight excluding hydrogens is 363 g/mol. The highest BCUT2D eigenvalue weighted by molar-refractivity contribution is 6.05. The third-order valence-corrected chi connectivity index (χ3v) is 4.49. The molecule has 2 aromatic carbocycles. The molecule has 8 heteroatoms. The summed E-state index contributed by atoms with van der Waals surface area (Å²) in [6.07, 6.45) is 0. The number of phenols is 1. The van der Waals surface area contributed by atoms with Gasteiger partial charge in [0, 0.05) is 22.7 Å². The molecule has 2 N–H and O–H groups in total. The number of hydrogen-bond donors (Lipinski definition) is 2. The highest BCUT2D eigenvalue weighted by Crippen LogP contribution is 2.38. The number of aromatic nitrogens is 1. The van der Waals surface area contributed by atoms with Crippen LogP contribution >= 0.6 is 0 Å². The van der Waals surface area contributed by atoms with Gasteiger partial charge in [-0.15, -0.1) is 0 Å². The summed E-state index contributed by atoms with van der Waals surface area (Å²) in [5.74, 6) is -7.93. The molecule has 1 heterocycles. The number of rotatable bonds is 3. The van der Waals surface area contributed by atoms with Crippen LogP contribution in [0.3, 0.4) is 0 Å². The van der Waals surface area contributed by atoms with Crippen molar-refractivity contribution in [3.8, 4) is 5.75 Å². The van der Waals surface area contributed by atoms with E-state index in [1.165, 1.54) is 26.0 Å². The minimum Gasteiger partial charge on any atom is -0.503 e. The van der Waals surface area contributed by atoms with Crippen LogP contribution in [-0.4, -0.2) is 26.7 Å². The van der Waals surface area contributed by atoms with Crippen molar-refractivity contribution in [2.45, 2.75) is 19.8 Å². The van der Waals surface area contributed by atoms with Crippen LogP contribution < -0.4 is 0 Å². The predicted octanol–water partition coefficient (Wildman–Crippen LogP) is 3.95. The molecule has 0 unspecified atom stereocenters. The number of halogens is 3. The van der Waals surface area contributed by atoms with E-state index in [2.05, 4.69) is 0 Å². The fraction of sp³-hybridized carbons (Fsp3) is 0.158. The molecule has 0 amide bonds. The van der Waals surface area contributed by atoms with Crippen molar-refractivity contribution >= 4 is 22.8 Å². The van der Waals surface area contributed by atoms with Gasteiger partial charge in [0.25, 0.3) is 5.91 Å². The number of hydrogen-bond acceptors (Lipinski definition) is 3. The number of benzene rings is 2. The Hall–Kier alpha value is -3.29. The first-order chi connectivity index (χ1) is 12.6. The van der Waals surface area contributed by atoms with Crippen molar-refractivity contribution in [3.05, 3.63) is 64.6 Å². The van der Waals surface area contributed by atoms with Gasteiger partial charge in [0.2, 0.25) is 0 Å². The second kappa shape index (κ2) is 6.46. The first kappa shape index (κ1) is 18.5. The third kappa shape index (κ3) is 2.83. The van der Waals surface area contributed by atoms with Crippen molar-refractivity contribution in [1.82, 2.24) is 4.57 Å². The summed E-state index contributed by atoms with van der Waals surface area (Å²) in [6.45, 7) is 2.65. The van der Waals surface area contributed by atoms with Crippen LogP contribution in [0.4, 0.5) is 13.2 Å². The molecule has 0 fully saturated rings. The van der Waals surface area contributed by atoms with Gasteiger partial charge in [-0.25, -0.2) is 13.2 Å². The average Bonchev–Trinajstić information content (AvgIpc) is 2.90. The quantitative estimate of drug-likeness (QED) is 0.724. The molecule has 0 aliphatic rings. The smallest absolute Gasteiger partial charge is 0.310 e. The molecule has 0 spiro atoms. The summed E-state index contributed by atoms with van der Waals surface area (Å²) < 4.78 is 42.9. The Morgan fingerprint density at radius 2 is 1.81 bits per heavy atom. The number of carbonyl (C=O) groups excluding carboxylic acids is 1. The van der Waals surface area contributed by atoms with Crippen LogP contribution in [0.2, 0.25) is 0 Å². The van der Waals surface area contributed by atoms with E-state index in [4.69, 9.17) is 0 Å². The summed E-state index contributed by atoms with van der Waals surface area (Å²) in [7, 11) is 0. The Balaban J connectivity index is 2.41. The van der Waals surface area contributed by atoms with Crippen LogP contribution in [0.15, 0.2) is 30.3 Å². The Labute approximate surface area is 151 Å². The molecule has 0 radical (unpaired) electrons. The molecule has 3 aromatic rings. The monoisotopic (exact) mass is 377 g/mol. The standard InChI is InChI=1S/C19H14F3NO4/c1-8(19(26)27)14-9(2)23(18(25)10-4-3-5-11(20)6-10)13-7-12(21)17(24)16(22)15(13)14/h3-8,24H,1-2H3,(H,26,27)/t8-/m0/s1. The van der Waals surface area contributed by atoms with E-state index < -0.39 is 41.0 Å². The number of fused-ring (bicyclic) bond motifs is 1. The first-order valence-electron chi connectivity index (χ1n) is 7.90. The van der Waals surface area contributed by atoms with Crippen LogP contribution in [0.1, 0.15) is 34.5 Å². The van der Waals surface area contributed by atoms with Crippen LogP contribution in [-0.2, 0) is 4.79 Å². The second-order valence-electron chi connectivity index (χ2n) is 6.13. The predicted molar refractivity (Wildman–Crippen MR) is 90.4 cm³/mol. The van der Waals surface area contributed by atoms with E-state index in [1.54, 1.807) is 0 Å². The molecule has 27 heavy (non-hydrogen) atoms. The lowest BCUT2D eigenvalue weighted by Gasteiger charge is -2.09. The Bertz CT molecular complexity index is 1100. The van der Waals surface area contributed by atoms with Crippen molar-refractivity contribution in [2.24, 2.45) is 0 Å². The molecule has 140 valence electrons. The zero-order valence-electron chi connectivity index (χ0n) is 14.3. The maximum Gasteiger partial charge on any atom is 0.310 e. The minimum atomic E-state index is -1.36. The van der Waals surface area contributed by atoms with Gasteiger partial charge in [-0.05, 0) is 37.6 Å². The van der Waals surface area contributed by atoms with Crippen molar-refractivity contribution in [2.75, 3.05) is 0 Å². The molecular formula is C19H14F3NO4. The van der Waals surface area contributed by atoms with E-state index in [9.17, 15) is 33.0 Å². The second-order valence-corrected chi connectivity index (χ2v) is 6.13. The molecule has 0 saturated carbocycles. The fourth-order valence-electron chi connectivity index (χ4n) is 3.18. The number of aromatic hydroxyl groups is 1. The first-order valence-corrected chi connectivity index (χ1v) is 7.90. The van der Waals surface area contributed by atoms with E-state index >= 15 is 0 Å². The van der Waals surface area contributed by atoms with Gasteiger partial charge in [-0.2, -0.15) is 0 Å². The average molecular weight is 377 g/mol. The summed E-state index contributed by atoms with van der Waals surface area (Å²) in [6, 6.07) is 5.46. The van der Waals surface area contributed by atoms with Gasteiger partial charge in [-0.1, -0.05) is 6.07 Å². The third-order valence-electron chi connectivity index (χ3n) is 4.49. The minimum absolute atomic E-state index is 0.0538. The summed E-state index contributed by atoms with van der Waals surface area (Å²) in [5.41, 5.74) is -0.357. The number of carboxylic acid groups (broad SMARTS) is 1. The normalized spacial score (nSPS) is 12.3. The molecule has 1 aromatic heterocycles. The molecule has 0 aliphatic heterocycles. The largest absolute Gasteiger partial charge is 0.503 e. The van der Waals surface area contributed by atoms with Gasteiger partial charge >= 0.3 is 5.97 Å². The van der Waals surface area contributed by atoms with E-state index in [-0.39, 0.29) is 27.7 Å². The fourth-order valence-corrected chi connectivity index (χ4v) is 3.18. The highest BCUT2D eigenvalue weighted by Gasteiger charge is 2.30. The Kier molecular flexibility index (Phi) is 4.43. The van der Waals surface area contributed by atoms with Crippen LogP contribution in [0.5, 0.6) is 5.75 Å². The molecule has 0 aliphatic carbocycles. The molecule has 1 atom stereocenters. The Morgan fingerprint density at radius 1 is 1.15 bits per heavy atom. The SMILES string of the molecule is Cc1c([C@H](C)C(=O)O)c2c(F)c(O)c(F)cc2n1C(=O)c1cccc(F)c1. The lowest BCUT2D eigenvalue weighted by molar-refractivity contribution is -0.138. The van der Waals surface area contributed by atoms with Gasteiger partial charge in [0.05, 0.1) is 11.4 Å². The van der Waals surface area contributed by atoms with Crippen molar-refractivity contribution in [1.29, 1.82) is 0 Å². The van der Waals surface area contributed by atoms with Crippen LogP contribution in [0.25, 0.3) is 10.9 Å². The van der Waals surface area contributed by atoms with Crippen molar-refractivity contribution in [3.63, 3.8) is 0 Å². The molecule has 0 bridgehead atoms. The Morgan fingerprint density at radius 3 is 2.41 bits per heavy atom. The van der Waals surface area contributed by atoms with Crippen molar-refractivity contribution < 1.29 is 33.0 Å². The number of phenolic OH excluding ortho intramolecular Hbond substituents is 1. The lowest BCUT2D eigenvalue weighted by atomic mass is 9.97. The highest BCUT2D eigenvalue weighted by atomic mass is 19.1. The number of aliphatic carboxylic acids is 1. The molecule has 3 rings (SSSR count). The van der Waals surface area contributed by atoms with Crippen LogP contribution in [0, 0.1) is 24.4 Å². The van der Waals surface area contributed by atoms with E-state index in [1.807, 2.05) is 0 Å². The van der Waals surface area contributed by atoms with Gasteiger partial charge in [0.15, 0.2) is 17.4 Å². The number of carboxylic acids is 1. The zero-order chi connectivity index (χ0) is 20.0. The van der Waals surface area contributed by atoms with Gasteiger partial charge < -0.3 is 10.2 Å². The maximum atomic E-state index is 14.6. The topological polar surface area (TPSA) is 79.5 Å². The number of nitrogens with zero attached hydrogens (tertiary/aromatic N) is 1. The van der Waals surface area contributed by atoms with Gasteiger partial charge in [-0.3, -0.25) is 14.2 Å². The van der Waals surface area contributed by atoms with E-state index in [0.29, 0.717) is 0 Å². The summed E-state index contributed by atoms with van der Waals surface area (Å²) >= 11 is 0.